The molecule has 21 heavy (non-hydrogen) atoms. The highest BCUT2D eigenvalue weighted by Gasteiger charge is 2.21. The van der Waals surface area contributed by atoms with Crippen molar-refractivity contribution in [3.05, 3.63) is 23.9 Å². The lowest BCUT2D eigenvalue weighted by atomic mass is 10.2. The van der Waals surface area contributed by atoms with Crippen LogP contribution in [-0.2, 0) is 11.3 Å². The number of nitrogens with zero attached hydrogens (tertiary/aromatic N) is 2. The summed E-state index contributed by atoms with van der Waals surface area (Å²) in [5, 5.41) is 6.44. The largest absolute Gasteiger partial charge is 0.352 e. The molecule has 5 heteroatoms. The summed E-state index contributed by atoms with van der Waals surface area (Å²) in [6.45, 7) is 7.92. The molecule has 1 aromatic heterocycles. The summed E-state index contributed by atoms with van der Waals surface area (Å²) in [7, 11) is 0. The van der Waals surface area contributed by atoms with Gasteiger partial charge in [0.15, 0.2) is 0 Å². The summed E-state index contributed by atoms with van der Waals surface area (Å²) >= 11 is 0. The maximum atomic E-state index is 12.0. The Balaban J connectivity index is 2.03. The molecule has 5 nitrogen and oxygen atoms in total. The highest BCUT2D eigenvalue weighted by molar-refractivity contribution is 5.81. The Kier molecular flexibility index (Phi) is 5.56. The van der Waals surface area contributed by atoms with Gasteiger partial charge in [0.05, 0.1) is 6.54 Å². The molecule has 1 aromatic rings. The molecule has 0 atom stereocenters. The Morgan fingerprint density at radius 2 is 2.24 bits per heavy atom. The first-order valence-electron chi connectivity index (χ1n) is 7.81. The molecule has 0 saturated heterocycles. The smallest absolute Gasteiger partial charge is 0.239 e. The number of anilines is 1. The Morgan fingerprint density at radius 1 is 1.48 bits per heavy atom. The van der Waals surface area contributed by atoms with Gasteiger partial charge < -0.3 is 15.5 Å². The highest BCUT2D eigenvalue weighted by Crippen LogP contribution is 2.22. The van der Waals surface area contributed by atoms with Gasteiger partial charge in [-0.2, -0.15) is 0 Å². The highest BCUT2D eigenvalue weighted by atomic mass is 16.2. The van der Waals surface area contributed by atoms with Crippen LogP contribution in [0.15, 0.2) is 18.3 Å². The minimum Gasteiger partial charge on any atom is -0.352 e. The van der Waals surface area contributed by atoms with Crippen molar-refractivity contribution < 1.29 is 4.79 Å². The molecule has 1 saturated carbocycles. The topological polar surface area (TPSA) is 57.3 Å². The predicted molar refractivity (Wildman–Crippen MR) is 85.3 cm³/mol. The molecule has 1 amide bonds. The Labute approximate surface area is 127 Å². The molecule has 1 aliphatic carbocycles. The average molecular weight is 290 g/mol. The van der Waals surface area contributed by atoms with E-state index in [-0.39, 0.29) is 11.9 Å². The third-order valence-corrected chi connectivity index (χ3v) is 3.49. The Bertz CT molecular complexity index is 471. The summed E-state index contributed by atoms with van der Waals surface area (Å²) in [6.07, 6.45) is 4.33. The number of rotatable bonds is 8. The van der Waals surface area contributed by atoms with Gasteiger partial charge in [0, 0.05) is 36.9 Å². The van der Waals surface area contributed by atoms with E-state index in [1.807, 2.05) is 24.8 Å². The lowest BCUT2D eigenvalue weighted by Crippen LogP contribution is -2.40. The van der Waals surface area contributed by atoms with E-state index in [9.17, 15) is 4.79 Å². The third-order valence-electron chi connectivity index (χ3n) is 3.49. The van der Waals surface area contributed by atoms with Crippen molar-refractivity contribution in [2.24, 2.45) is 0 Å². The molecule has 0 aromatic carbocycles. The van der Waals surface area contributed by atoms with Gasteiger partial charge in [0.2, 0.25) is 5.91 Å². The quantitative estimate of drug-likeness (QED) is 0.765. The zero-order valence-corrected chi connectivity index (χ0v) is 13.2. The molecule has 0 spiro atoms. The van der Waals surface area contributed by atoms with E-state index in [0.717, 1.165) is 24.5 Å². The second kappa shape index (κ2) is 7.41. The van der Waals surface area contributed by atoms with Crippen molar-refractivity contribution >= 4 is 11.7 Å². The van der Waals surface area contributed by atoms with Crippen molar-refractivity contribution in [1.82, 2.24) is 15.6 Å². The molecule has 1 fully saturated rings. The standard InChI is InChI=1S/C16H26N4O/c1-4-20(11-15(21)19-12(2)3)16-13(6-5-9-17-16)10-18-14-7-8-14/h5-6,9,12,14,18H,4,7-8,10-11H2,1-3H3,(H,19,21). The van der Waals surface area contributed by atoms with Crippen molar-refractivity contribution in [1.29, 1.82) is 0 Å². The van der Waals surface area contributed by atoms with E-state index in [2.05, 4.69) is 28.6 Å². The summed E-state index contributed by atoms with van der Waals surface area (Å²) in [4.78, 5) is 18.5. The number of carbonyl (C=O) groups is 1. The molecule has 1 aliphatic rings. The van der Waals surface area contributed by atoms with Crippen molar-refractivity contribution in [3.63, 3.8) is 0 Å². The number of likely N-dealkylation sites (N-methyl/N-ethyl adjacent to an activating group) is 1. The second-order valence-electron chi connectivity index (χ2n) is 5.88. The van der Waals surface area contributed by atoms with Crippen LogP contribution in [0.3, 0.4) is 0 Å². The third kappa shape index (κ3) is 5.01. The number of amides is 1. The number of hydrogen-bond acceptors (Lipinski definition) is 4. The van der Waals surface area contributed by atoms with Crippen LogP contribution < -0.4 is 15.5 Å². The van der Waals surface area contributed by atoms with Crippen LogP contribution in [0.4, 0.5) is 5.82 Å². The first-order valence-corrected chi connectivity index (χ1v) is 7.81. The molecular formula is C16H26N4O. The van der Waals surface area contributed by atoms with Gasteiger partial charge in [-0.05, 0) is 39.7 Å². The Hall–Kier alpha value is -1.62. The van der Waals surface area contributed by atoms with Crippen LogP contribution in [0.25, 0.3) is 0 Å². The fourth-order valence-electron chi connectivity index (χ4n) is 2.27. The van der Waals surface area contributed by atoms with E-state index < -0.39 is 0 Å². The van der Waals surface area contributed by atoms with Crippen molar-refractivity contribution in [3.8, 4) is 0 Å². The molecule has 2 rings (SSSR count). The zero-order valence-electron chi connectivity index (χ0n) is 13.2. The SMILES string of the molecule is CCN(CC(=O)NC(C)C)c1ncccc1CNC1CC1. The van der Waals surface area contributed by atoms with Gasteiger partial charge in [-0.25, -0.2) is 4.98 Å². The van der Waals surface area contributed by atoms with Crippen LogP contribution in [0.1, 0.15) is 39.2 Å². The average Bonchev–Trinajstić information content (AvgIpc) is 3.26. The molecule has 1 heterocycles. The molecule has 2 N–H and O–H groups in total. The van der Waals surface area contributed by atoms with Gasteiger partial charge in [-0.15, -0.1) is 0 Å². The van der Waals surface area contributed by atoms with E-state index in [1.165, 1.54) is 12.8 Å². The normalized spacial score (nSPS) is 14.3. The van der Waals surface area contributed by atoms with E-state index in [0.29, 0.717) is 12.6 Å². The number of carbonyl (C=O) groups excluding carboxylic acids is 1. The summed E-state index contributed by atoms with van der Waals surface area (Å²) in [5.74, 6) is 0.950. The van der Waals surface area contributed by atoms with Gasteiger partial charge in [-0.3, -0.25) is 4.79 Å². The first-order chi connectivity index (χ1) is 10.1. The van der Waals surface area contributed by atoms with E-state index in [4.69, 9.17) is 0 Å². The van der Waals surface area contributed by atoms with Gasteiger partial charge in [0.1, 0.15) is 5.82 Å². The van der Waals surface area contributed by atoms with Crippen LogP contribution in [-0.4, -0.2) is 36.1 Å². The first kappa shape index (κ1) is 15.8. The summed E-state index contributed by atoms with van der Waals surface area (Å²) in [6, 6.07) is 4.87. The van der Waals surface area contributed by atoms with Crippen LogP contribution in [0.2, 0.25) is 0 Å². The molecule has 0 aliphatic heterocycles. The second-order valence-corrected chi connectivity index (χ2v) is 5.88. The van der Waals surface area contributed by atoms with Gasteiger partial charge in [-0.1, -0.05) is 6.07 Å². The maximum absolute atomic E-state index is 12.0. The molecule has 0 radical (unpaired) electrons. The fourth-order valence-corrected chi connectivity index (χ4v) is 2.27. The summed E-state index contributed by atoms with van der Waals surface area (Å²) in [5.41, 5.74) is 1.16. The van der Waals surface area contributed by atoms with Crippen LogP contribution in [0.5, 0.6) is 0 Å². The minimum atomic E-state index is 0.0404. The fraction of sp³-hybridized carbons (Fsp3) is 0.625. The van der Waals surface area contributed by atoms with E-state index in [1.54, 1.807) is 6.20 Å². The minimum absolute atomic E-state index is 0.0404. The zero-order chi connectivity index (χ0) is 15.2. The number of pyridine rings is 1. The summed E-state index contributed by atoms with van der Waals surface area (Å²) < 4.78 is 0. The number of nitrogens with one attached hydrogen (secondary N) is 2. The monoisotopic (exact) mass is 290 g/mol. The van der Waals surface area contributed by atoms with E-state index >= 15 is 0 Å². The maximum Gasteiger partial charge on any atom is 0.239 e. The van der Waals surface area contributed by atoms with Gasteiger partial charge >= 0.3 is 0 Å². The lowest BCUT2D eigenvalue weighted by Gasteiger charge is -2.24. The number of hydrogen-bond donors (Lipinski definition) is 2. The van der Waals surface area contributed by atoms with Crippen molar-refractivity contribution in [2.45, 2.75) is 52.2 Å². The van der Waals surface area contributed by atoms with Gasteiger partial charge in [0.25, 0.3) is 0 Å². The molecular weight excluding hydrogens is 264 g/mol. The van der Waals surface area contributed by atoms with Crippen molar-refractivity contribution in [2.75, 3.05) is 18.0 Å². The Morgan fingerprint density at radius 3 is 2.86 bits per heavy atom. The molecule has 0 unspecified atom stereocenters. The molecule has 116 valence electrons. The predicted octanol–water partition coefficient (Wildman–Crippen LogP) is 1.68. The number of aromatic nitrogens is 1. The molecule has 0 bridgehead atoms. The van der Waals surface area contributed by atoms with Crippen LogP contribution in [0, 0.1) is 0 Å². The lowest BCUT2D eigenvalue weighted by molar-refractivity contribution is -0.120. The van der Waals surface area contributed by atoms with Crippen LogP contribution >= 0.6 is 0 Å².